The van der Waals surface area contributed by atoms with Gasteiger partial charge >= 0.3 is 5.97 Å². The van der Waals surface area contributed by atoms with Crippen molar-refractivity contribution in [3.8, 4) is 5.75 Å². The van der Waals surface area contributed by atoms with Crippen LogP contribution in [-0.4, -0.2) is 37.9 Å². The van der Waals surface area contributed by atoms with E-state index in [0.717, 1.165) is 23.4 Å². The molecule has 2 N–H and O–H groups in total. The summed E-state index contributed by atoms with van der Waals surface area (Å²) in [6.45, 7) is 2.35. The molecule has 0 heterocycles. The second-order valence-corrected chi connectivity index (χ2v) is 4.20. The predicted molar refractivity (Wildman–Crippen MR) is 73.5 cm³/mol. The molecular weight excluding hydrogens is 246 g/mol. The van der Waals surface area contributed by atoms with Gasteiger partial charge in [-0.25, -0.2) is 0 Å². The summed E-state index contributed by atoms with van der Waals surface area (Å²) in [4.78, 5) is 11.0. The molecule has 0 spiro atoms. The molecule has 1 aromatic carbocycles. The van der Waals surface area contributed by atoms with E-state index >= 15 is 0 Å². The predicted octanol–water partition coefficient (Wildman–Crippen LogP) is 1.59. The van der Waals surface area contributed by atoms with Gasteiger partial charge in [-0.3, -0.25) is 4.79 Å². The lowest BCUT2D eigenvalue weighted by Crippen LogP contribution is -2.23. The van der Waals surface area contributed by atoms with Gasteiger partial charge in [0, 0.05) is 12.2 Å². The van der Waals surface area contributed by atoms with Crippen LogP contribution in [0.5, 0.6) is 5.75 Å². The number of aliphatic hydroxyl groups is 1. The lowest BCUT2D eigenvalue weighted by molar-refractivity contribution is -0.142. The van der Waals surface area contributed by atoms with Crippen molar-refractivity contribution in [2.24, 2.45) is 0 Å². The molecule has 0 bridgehead atoms. The summed E-state index contributed by atoms with van der Waals surface area (Å²) in [5.41, 5.74) is 1.98. The lowest BCUT2D eigenvalue weighted by atomic mass is 10.1. The summed E-state index contributed by atoms with van der Waals surface area (Å²) in [7, 11) is 2.95. The average Bonchev–Trinajstić information content (AvgIpc) is 2.44. The maximum Gasteiger partial charge on any atom is 0.308 e. The van der Waals surface area contributed by atoms with Gasteiger partial charge in [-0.2, -0.15) is 0 Å². The summed E-state index contributed by atoms with van der Waals surface area (Å²) in [5, 5.41) is 12.7. The van der Waals surface area contributed by atoms with Crippen LogP contribution in [0.25, 0.3) is 0 Å². The Labute approximate surface area is 113 Å². The monoisotopic (exact) mass is 267 g/mol. The van der Waals surface area contributed by atoms with Crippen LogP contribution in [0.2, 0.25) is 0 Å². The second-order valence-electron chi connectivity index (χ2n) is 4.20. The van der Waals surface area contributed by atoms with Crippen LogP contribution >= 0.6 is 0 Å². The molecule has 0 aliphatic rings. The Morgan fingerprint density at radius 3 is 2.74 bits per heavy atom. The minimum absolute atomic E-state index is 0.0136. The fourth-order valence-electron chi connectivity index (χ4n) is 1.75. The maximum absolute atomic E-state index is 11.0. The summed E-state index contributed by atoms with van der Waals surface area (Å²) < 4.78 is 9.74. The van der Waals surface area contributed by atoms with Crippen molar-refractivity contribution in [1.29, 1.82) is 0 Å². The van der Waals surface area contributed by atoms with Crippen LogP contribution in [0, 0.1) is 0 Å². The molecule has 1 unspecified atom stereocenters. The Bertz CT molecular complexity index is 420. The Balaban J connectivity index is 2.55. The number of carbonyl (C=O) groups excluding carboxylic acids is 1. The molecule has 0 saturated carbocycles. The molecule has 1 rings (SSSR count). The summed E-state index contributed by atoms with van der Waals surface area (Å²) in [6.07, 6.45) is 0.0867. The molecular formula is C14H21NO4. The molecule has 0 aliphatic heterocycles. The van der Waals surface area contributed by atoms with E-state index in [0.29, 0.717) is 6.54 Å². The van der Waals surface area contributed by atoms with Crippen molar-refractivity contribution in [2.75, 3.05) is 26.1 Å². The third kappa shape index (κ3) is 4.79. The molecule has 0 radical (unpaired) electrons. The number of methoxy groups -OCH3 is 2. The third-order valence-corrected chi connectivity index (χ3v) is 2.83. The Morgan fingerprint density at radius 1 is 1.42 bits per heavy atom. The van der Waals surface area contributed by atoms with Crippen molar-refractivity contribution in [3.63, 3.8) is 0 Å². The molecule has 1 atom stereocenters. The van der Waals surface area contributed by atoms with E-state index in [1.807, 2.05) is 25.1 Å². The van der Waals surface area contributed by atoms with E-state index in [2.05, 4.69) is 10.1 Å². The number of esters is 1. The zero-order valence-corrected chi connectivity index (χ0v) is 11.6. The number of benzene rings is 1. The first kappa shape index (κ1) is 15.3. The standard InChI is InChI=1S/C14H21NO4/c1-4-10-7-11(5-6-13(10)18-2)15-9-12(16)8-14(17)19-3/h5-7,12,15-16H,4,8-9H2,1-3H3. The van der Waals surface area contributed by atoms with Gasteiger partial charge in [-0.05, 0) is 30.2 Å². The van der Waals surface area contributed by atoms with Gasteiger partial charge in [-0.15, -0.1) is 0 Å². The number of rotatable bonds is 7. The van der Waals surface area contributed by atoms with Gasteiger partial charge in [0.25, 0.3) is 0 Å². The van der Waals surface area contributed by atoms with Gasteiger partial charge < -0.3 is 19.9 Å². The van der Waals surface area contributed by atoms with E-state index in [1.165, 1.54) is 7.11 Å². The van der Waals surface area contributed by atoms with Gasteiger partial charge in [0.05, 0.1) is 26.7 Å². The fraction of sp³-hybridized carbons (Fsp3) is 0.500. The van der Waals surface area contributed by atoms with Crippen LogP contribution < -0.4 is 10.1 Å². The Kier molecular flexibility index (Phi) is 6.15. The van der Waals surface area contributed by atoms with E-state index < -0.39 is 12.1 Å². The molecule has 5 nitrogen and oxygen atoms in total. The number of ether oxygens (including phenoxy) is 2. The Morgan fingerprint density at radius 2 is 2.16 bits per heavy atom. The largest absolute Gasteiger partial charge is 0.496 e. The van der Waals surface area contributed by atoms with Crippen LogP contribution in [-0.2, 0) is 16.0 Å². The smallest absolute Gasteiger partial charge is 0.308 e. The Hall–Kier alpha value is -1.75. The summed E-state index contributed by atoms with van der Waals surface area (Å²) >= 11 is 0. The fourth-order valence-corrected chi connectivity index (χ4v) is 1.75. The molecule has 5 heteroatoms. The van der Waals surface area contributed by atoms with Crippen LogP contribution in [0.15, 0.2) is 18.2 Å². The van der Waals surface area contributed by atoms with Crippen LogP contribution in [0.1, 0.15) is 18.9 Å². The topological polar surface area (TPSA) is 67.8 Å². The highest BCUT2D eigenvalue weighted by atomic mass is 16.5. The van der Waals surface area contributed by atoms with Gasteiger partial charge in [0.15, 0.2) is 0 Å². The maximum atomic E-state index is 11.0. The first-order chi connectivity index (χ1) is 9.10. The molecule has 0 aliphatic carbocycles. The van der Waals surface area contributed by atoms with E-state index in [9.17, 15) is 9.90 Å². The van der Waals surface area contributed by atoms with Crippen molar-refractivity contribution >= 4 is 11.7 Å². The minimum Gasteiger partial charge on any atom is -0.496 e. The normalized spacial score (nSPS) is 11.8. The molecule has 106 valence electrons. The zero-order valence-electron chi connectivity index (χ0n) is 11.6. The average molecular weight is 267 g/mol. The van der Waals surface area contributed by atoms with E-state index in [1.54, 1.807) is 7.11 Å². The summed E-state index contributed by atoms with van der Waals surface area (Å²) in [6, 6.07) is 5.74. The number of hydrogen-bond acceptors (Lipinski definition) is 5. The van der Waals surface area contributed by atoms with Gasteiger partial charge in [0.2, 0.25) is 0 Å². The second kappa shape index (κ2) is 7.63. The first-order valence-corrected chi connectivity index (χ1v) is 6.26. The lowest BCUT2D eigenvalue weighted by Gasteiger charge is -2.14. The third-order valence-electron chi connectivity index (χ3n) is 2.83. The van der Waals surface area contributed by atoms with Crippen molar-refractivity contribution in [1.82, 2.24) is 0 Å². The number of hydrogen-bond donors (Lipinski definition) is 2. The van der Waals surface area contributed by atoms with Crippen molar-refractivity contribution < 1.29 is 19.4 Å². The van der Waals surface area contributed by atoms with Crippen LogP contribution in [0.4, 0.5) is 5.69 Å². The number of anilines is 1. The molecule has 0 fully saturated rings. The number of aryl methyl sites for hydroxylation is 1. The highest BCUT2D eigenvalue weighted by Crippen LogP contribution is 2.23. The molecule has 0 aromatic heterocycles. The molecule has 0 amide bonds. The SMILES string of the molecule is CCc1cc(NCC(O)CC(=O)OC)ccc1OC. The van der Waals surface area contributed by atoms with E-state index in [4.69, 9.17) is 4.74 Å². The number of aliphatic hydroxyl groups excluding tert-OH is 1. The number of nitrogens with one attached hydrogen (secondary N) is 1. The van der Waals surface area contributed by atoms with E-state index in [-0.39, 0.29) is 6.42 Å². The highest BCUT2D eigenvalue weighted by Gasteiger charge is 2.11. The molecule has 19 heavy (non-hydrogen) atoms. The number of carbonyl (C=O) groups is 1. The zero-order chi connectivity index (χ0) is 14.3. The first-order valence-electron chi connectivity index (χ1n) is 6.26. The molecule has 1 aromatic rings. The molecule has 0 saturated heterocycles. The van der Waals surface area contributed by atoms with Crippen LogP contribution in [0.3, 0.4) is 0 Å². The highest BCUT2D eigenvalue weighted by molar-refractivity contribution is 5.69. The summed E-state index contributed by atoms with van der Waals surface area (Å²) in [5.74, 6) is 0.432. The van der Waals surface area contributed by atoms with Gasteiger partial charge in [-0.1, -0.05) is 6.92 Å². The van der Waals surface area contributed by atoms with Crippen molar-refractivity contribution in [2.45, 2.75) is 25.9 Å². The quantitative estimate of drug-likeness (QED) is 0.734. The van der Waals surface area contributed by atoms with Gasteiger partial charge in [0.1, 0.15) is 5.75 Å². The van der Waals surface area contributed by atoms with Crippen molar-refractivity contribution in [3.05, 3.63) is 23.8 Å². The minimum atomic E-state index is -0.764.